The fraction of sp³-hybridized carbons (Fsp3) is 0.217. The van der Waals surface area contributed by atoms with Gasteiger partial charge < -0.3 is 9.15 Å². The number of hydrogen-bond acceptors (Lipinski definition) is 4. The molecule has 5 nitrogen and oxygen atoms in total. The van der Waals surface area contributed by atoms with Crippen molar-refractivity contribution >= 4 is 23.7 Å². The van der Waals surface area contributed by atoms with Gasteiger partial charge in [0, 0.05) is 5.56 Å². The van der Waals surface area contributed by atoms with E-state index < -0.39 is 5.82 Å². The Hall–Kier alpha value is -3.12. The molecule has 1 amide bonds. The Morgan fingerprint density at radius 1 is 1.23 bits per heavy atom. The van der Waals surface area contributed by atoms with Crippen LogP contribution in [0, 0.1) is 12.7 Å². The zero-order valence-corrected chi connectivity index (χ0v) is 17.7. The molecule has 0 aliphatic carbocycles. The van der Waals surface area contributed by atoms with Gasteiger partial charge in [-0.1, -0.05) is 37.6 Å². The summed E-state index contributed by atoms with van der Waals surface area (Å²) in [5, 5.41) is 3.90. The molecule has 0 bridgehead atoms. The second kappa shape index (κ2) is 9.59. The van der Waals surface area contributed by atoms with Gasteiger partial charge in [-0.3, -0.25) is 4.79 Å². The molecule has 1 N–H and O–H groups in total. The van der Waals surface area contributed by atoms with E-state index in [1.165, 1.54) is 18.3 Å². The Morgan fingerprint density at radius 3 is 2.77 bits per heavy atom. The van der Waals surface area contributed by atoms with E-state index in [9.17, 15) is 9.18 Å². The number of carbonyl (C=O) groups excluding carboxylic acids is 1. The number of hydrogen-bond donors (Lipinski definition) is 1. The van der Waals surface area contributed by atoms with Crippen LogP contribution in [-0.4, -0.2) is 18.7 Å². The van der Waals surface area contributed by atoms with E-state index in [0.29, 0.717) is 22.8 Å². The monoisotopic (exact) mass is 428 g/mol. The topological polar surface area (TPSA) is 63.8 Å². The number of carbonyl (C=O) groups is 1. The number of amides is 1. The third-order valence-electron chi connectivity index (χ3n) is 4.36. The predicted molar refractivity (Wildman–Crippen MR) is 116 cm³/mol. The Morgan fingerprint density at radius 2 is 2.03 bits per heavy atom. The highest BCUT2D eigenvalue weighted by Crippen LogP contribution is 2.28. The van der Waals surface area contributed by atoms with Gasteiger partial charge >= 0.3 is 0 Å². The second-order valence-electron chi connectivity index (χ2n) is 7.11. The molecule has 7 heteroatoms. The SMILES string of the molecule is Cc1ccc(C(C)C)c(OCC(=O)N/N=C/c2ccc(-c3ccc(F)c(Cl)c3)o2)c1. The van der Waals surface area contributed by atoms with Crippen LogP contribution in [0.2, 0.25) is 5.02 Å². The summed E-state index contributed by atoms with van der Waals surface area (Å²) in [6.07, 6.45) is 1.37. The van der Waals surface area contributed by atoms with E-state index >= 15 is 0 Å². The first-order chi connectivity index (χ1) is 14.3. The van der Waals surface area contributed by atoms with Crippen LogP contribution in [-0.2, 0) is 4.79 Å². The highest BCUT2D eigenvalue weighted by atomic mass is 35.5. The van der Waals surface area contributed by atoms with Crippen LogP contribution in [0.5, 0.6) is 5.75 Å². The van der Waals surface area contributed by atoms with Crippen molar-refractivity contribution in [3.05, 3.63) is 76.3 Å². The normalized spacial score (nSPS) is 11.3. The average molecular weight is 429 g/mol. The van der Waals surface area contributed by atoms with Crippen molar-refractivity contribution in [3.8, 4) is 17.1 Å². The molecule has 0 saturated heterocycles. The van der Waals surface area contributed by atoms with Crippen LogP contribution in [0.1, 0.15) is 36.7 Å². The molecule has 0 spiro atoms. The number of furan rings is 1. The summed E-state index contributed by atoms with van der Waals surface area (Å²) >= 11 is 5.80. The number of ether oxygens (including phenoxy) is 1. The molecule has 0 aliphatic heterocycles. The third kappa shape index (κ3) is 5.48. The maximum atomic E-state index is 13.3. The lowest BCUT2D eigenvalue weighted by Crippen LogP contribution is -2.24. The molecule has 156 valence electrons. The van der Waals surface area contributed by atoms with Crippen LogP contribution in [0.3, 0.4) is 0 Å². The number of halogens is 2. The van der Waals surface area contributed by atoms with Crippen LogP contribution < -0.4 is 10.2 Å². The summed E-state index contributed by atoms with van der Waals surface area (Å²) in [5.41, 5.74) is 5.14. The molecule has 1 heterocycles. The molecule has 30 heavy (non-hydrogen) atoms. The Kier molecular flexibility index (Phi) is 6.90. The first-order valence-electron chi connectivity index (χ1n) is 9.44. The molecule has 0 aliphatic rings. The van der Waals surface area contributed by atoms with Gasteiger partial charge in [-0.15, -0.1) is 0 Å². The van der Waals surface area contributed by atoms with E-state index in [1.807, 2.05) is 25.1 Å². The molecule has 1 aromatic heterocycles. The maximum Gasteiger partial charge on any atom is 0.277 e. The van der Waals surface area contributed by atoms with Gasteiger partial charge in [0.1, 0.15) is 23.1 Å². The van der Waals surface area contributed by atoms with E-state index in [0.717, 1.165) is 11.1 Å². The summed E-state index contributed by atoms with van der Waals surface area (Å²) in [6.45, 7) is 5.95. The smallest absolute Gasteiger partial charge is 0.277 e. The zero-order valence-electron chi connectivity index (χ0n) is 16.9. The Bertz CT molecular complexity index is 1080. The lowest BCUT2D eigenvalue weighted by Gasteiger charge is -2.14. The summed E-state index contributed by atoms with van der Waals surface area (Å²) in [6, 6.07) is 13.6. The summed E-state index contributed by atoms with van der Waals surface area (Å²) in [4.78, 5) is 12.0. The lowest BCUT2D eigenvalue weighted by molar-refractivity contribution is -0.123. The summed E-state index contributed by atoms with van der Waals surface area (Å²) in [5.74, 6) is 1.02. The van der Waals surface area contributed by atoms with Crippen LogP contribution in [0.4, 0.5) is 4.39 Å². The Labute approximate surface area is 179 Å². The van der Waals surface area contributed by atoms with Crippen molar-refractivity contribution in [1.29, 1.82) is 0 Å². The molecule has 0 saturated carbocycles. The molecule has 3 aromatic rings. The highest BCUT2D eigenvalue weighted by Gasteiger charge is 2.10. The van der Waals surface area contributed by atoms with Crippen LogP contribution >= 0.6 is 11.6 Å². The van der Waals surface area contributed by atoms with Crippen molar-refractivity contribution in [2.45, 2.75) is 26.7 Å². The third-order valence-corrected chi connectivity index (χ3v) is 4.65. The maximum absolute atomic E-state index is 13.3. The molecule has 0 unspecified atom stereocenters. The van der Waals surface area contributed by atoms with Gasteiger partial charge in [0.15, 0.2) is 6.61 Å². The van der Waals surface area contributed by atoms with E-state index in [-0.39, 0.29) is 23.5 Å². The number of rotatable bonds is 7. The standard InChI is InChI=1S/C23H22ClFN2O3/c1-14(2)18-7-4-15(3)10-22(18)29-13-23(28)27-26-12-17-6-9-21(30-17)16-5-8-20(25)19(24)11-16/h4-12,14H,13H2,1-3H3,(H,27,28)/b26-12+. The number of nitrogens with zero attached hydrogens (tertiary/aromatic N) is 1. The van der Waals surface area contributed by atoms with Crippen LogP contribution in [0.25, 0.3) is 11.3 Å². The molecule has 2 aromatic carbocycles. The molecule has 0 fully saturated rings. The van der Waals surface area contributed by atoms with Gasteiger partial charge in [0.05, 0.1) is 11.2 Å². The van der Waals surface area contributed by atoms with Crippen molar-refractivity contribution in [1.82, 2.24) is 5.43 Å². The van der Waals surface area contributed by atoms with E-state index in [4.69, 9.17) is 20.8 Å². The van der Waals surface area contributed by atoms with Gasteiger partial charge in [-0.05, 0) is 60.4 Å². The molecular weight excluding hydrogens is 407 g/mol. The van der Waals surface area contributed by atoms with Gasteiger partial charge in [0.25, 0.3) is 5.91 Å². The van der Waals surface area contributed by atoms with Crippen molar-refractivity contribution in [2.75, 3.05) is 6.61 Å². The molecular formula is C23H22ClFN2O3. The minimum absolute atomic E-state index is 0.0145. The first kappa shape index (κ1) is 21.6. The number of aryl methyl sites for hydroxylation is 1. The molecule has 3 rings (SSSR count). The Balaban J connectivity index is 1.56. The van der Waals surface area contributed by atoms with Gasteiger partial charge in [0.2, 0.25) is 0 Å². The summed E-state index contributed by atoms with van der Waals surface area (Å²) in [7, 11) is 0. The van der Waals surface area contributed by atoms with Gasteiger partial charge in [-0.2, -0.15) is 5.10 Å². The lowest BCUT2D eigenvalue weighted by atomic mass is 10.0. The van der Waals surface area contributed by atoms with E-state index in [2.05, 4.69) is 24.4 Å². The minimum atomic E-state index is -0.495. The average Bonchev–Trinajstić information content (AvgIpc) is 3.17. The van der Waals surface area contributed by atoms with Gasteiger partial charge in [-0.25, -0.2) is 9.82 Å². The minimum Gasteiger partial charge on any atom is -0.483 e. The van der Waals surface area contributed by atoms with Crippen molar-refractivity contribution in [3.63, 3.8) is 0 Å². The summed E-state index contributed by atoms with van der Waals surface area (Å²) < 4.78 is 24.6. The van der Waals surface area contributed by atoms with Crippen molar-refractivity contribution < 1.29 is 18.3 Å². The quantitative estimate of drug-likeness (QED) is 0.387. The number of benzene rings is 2. The van der Waals surface area contributed by atoms with Crippen molar-refractivity contribution in [2.24, 2.45) is 5.10 Å². The fourth-order valence-corrected chi connectivity index (χ4v) is 2.99. The highest BCUT2D eigenvalue weighted by molar-refractivity contribution is 6.31. The second-order valence-corrected chi connectivity index (χ2v) is 7.52. The largest absolute Gasteiger partial charge is 0.483 e. The number of nitrogens with one attached hydrogen (secondary N) is 1. The fourth-order valence-electron chi connectivity index (χ4n) is 2.81. The van der Waals surface area contributed by atoms with Crippen LogP contribution in [0.15, 0.2) is 58.0 Å². The van der Waals surface area contributed by atoms with E-state index in [1.54, 1.807) is 18.2 Å². The molecule has 0 atom stereocenters. The first-order valence-corrected chi connectivity index (χ1v) is 9.82. The molecule has 0 radical (unpaired) electrons. The zero-order chi connectivity index (χ0) is 21.7. The number of hydrazone groups is 1. The predicted octanol–water partition coefficient (Wildman–Crippen LogP) is 5.70.